The zero-order chi connectivity index (χ0) is 13.1. The van der Waals surface area contributed by atoms with Crippen molar-refractivity contribution in [2.24, 2.45) is 5.73 Å². The molecule has 0 aromatic heterocycles. The van der Waals surface area contributed by atoms with E-state index in [-0.39, 0.29) is 5.84 Å². The zero-order valence-corrected chi connectivity index (χ0v) is 11.1. The molecule has 1 aliphatic rings. The van der Waals surface area contributed by atoms with E-state index >= 15 is 0 Å². The van der Waals surface area contributed by atoms with Crippen molar-refractivity contribution in [1.82, 2.24) is 0 Å². The lowest BCUT2D eigenvalue weighted by molar-refractivity contribution is 0.0384. The summed E-state index contributed by atoms with van der Waals surface area (Å²) in [6, 6.07) is 6.08. The van der Waals surface area contributed by atoms with Gasteiger partial charge in [0.1, 0.15) is 5.84 Å². The maximum absolute atomic E-state index is 7.50. The van der Waals surface area contributed by atoms with Crippen LogP contribution in [-0.2, 0) is 4.74 Å². The highest BCUT2D eigenvalue weighted by molar-refractivity contribution is 5.96. The fourth-order valence-electron chi connectivity index (χ4n) is 2.35. The number of aryl methyl sites for hydroxylation is 1. The Hall–Kier alpha value is -1.55. The molecule has 18 heavy (non-hydrogen) atoms. The summed E-state index contributed by atoms with van der Waals surface area (Å²) < 4.78 is 5.68. The Morgan fingerprint density at radius 2 is 2.33 bits per heavy atom. The van der Waals surface area contributed by atoms with Crippen molar-refractivity contribution >= 4 is 11.5 Å². The maximum Gasteiger partial charge on any atom is 0.123 e. The van der Waals surface area contributed by atoms with Crippen LogP contribution >= 0.6 is 0 Å². The van der Waals surface area contributed by atoms with Crippen molar-refractivity contribution in [3.63, 3.8) is 0 Å². The van der Waals surface area contributed by atoms with Gasteiger partial charge in [-0.1, -0.05) is 6.92 Å². The first-order valence-electron chi connectivity index (χ1n) is 6.43. The number of hydrogen-bond acceptors (Lipinski definition) is 3. The number of nitrogen functional groups attached to an aromatic ring is 1. The maximum atomic E-state index is 7.50. The summed E-state index contributed by atoms with van der Waals surface area (Å²) in [6.07, 6.45) is 1.37. The van der Waals surface area contributed by atoms with E-state index in [0.717, 1.165) is 37.2 Å². The molecule has 0 radical (unpaired) electrons. The van der Waals surface area contributed by atoms with Crippen LogP contribution in [0.25, 0.3) is 0 Å². The van der Waals surface area contributed by atoms with Crippen LogP contribution in [0.5, 0.6) is 0 Å². The predicted molar refractivity (Wildman–Crippen MR) is 74.4 cm³/mol. The van der Waals surface area contributed by atoms with Gasteiger partial charge in [-0.05, 0) is 37.1 Å². The number of nitrogens with one attached hydrogen (secondary N) is 1. The van der Waals surface area contributed by atoms with E-state index < -0.39 is 0 Å². The van der Waals surface area contributed by atoms with Crippen LogP contribution in [0.1, 0.15) is 24.5 Å². The van der Waals surface area contributed by atoms with Crippen molar-refractivity contribution < 1.29 is 4.74 Å². The monoisotopic (exact) mass is 247 g/mol. The summed E-state index contributed by atoms with van der Waals surface area (Å²) in [4.78, 5) is 2.34. The molecule has 4 heteroatoms. The lowest BCUT2D eigenvalue weighted by atomic mass is 10.1. The molecule has 2 rings (SSSR count). The van der Waals surface area contributed by atoms with Crippen molar-refractivity contribution in [2.45, 2.75) is 26.4 Å². The number of nitrogens with zero attached hydrogens (tertiary/aromatic N) is 1. The van der Waals surface area contributed by atoms with Gasteiger partial charge in [0.2, 0.25) is 0 Å². The highest BCUT2D eigenvalue weighted by Crippen LogP contribution is 2.22. The second-order valence-electron chi connectivity index (χ2n) is 4.76. The Kier molecular flexibility index (Phi) is 3.87. The van der Waals surface area contributed by atoms with Gasteiger partial charge in [0.05, 0.1) is 12.7 Å². The highest BCUT2D eigenvalue weighted by Gasteiger charge is 2.19. The number of benzene rings is 1. The third-order valence-corrected chi connectivity index (χ3v) is 3.46. The summed E-state index contributed by atoms with van der Waals surface area (Å²) in [7, 11) is 0. The molecular weight excluding hydrogens is 226 g/mol. The van der Waals surface area contributed by atoms with Crippen LogP contribution in [0.15, 0.2) is 18.2 Å². The smallest absolute Gasteiger partial charge is 0.123 e. The average molecular weight is 247 g/mol. The van der Waals surface area contributed by atoms with Gasteiger partial charge < -0.3 is 15.4 Å². The van der Waals surface area contributed by atoms with Crippen LogP contribution in [0, 0.1) is 12.3 Å². The molecule has 0 aliphatic carbocycles. The zero-order valence-electron chi connectivity index (χ0n) is 11.1. The molecule has 1 aliphatic heterocycles. The third kappa shape index (κ3) is 2.64. The summed E-state index contributed by atoms with van der Waals surface area (Å²) in [5, 5.41) is 7.50. The van der Waals surface area contributed by atoms with E-state index in [9.17, 15) is 0 Å². The quantitative estimate of drug-likeness (QED) is 0.633. The van der Waals surface area contributed by atoms with E-state index in [1.165, 1.54) is 5.69 Å². The topological polar surface area (TPSA) is 62.3 Å². The Morgan fingerprint density at radius 3 is 2.94 bits per heavy atom. The van der Waals surface area contributed by atoms with Crippen molar-refractivity contribution in [2.75, 3.05) is 24.6 Å². The van der Waals surface area contributed by atoms with E-state index in [2.05, 4.69) is 17.9 Å². The Morgan fingerprint density at radius 1 is 1.56 bits per heavy atom. The van der Waals surface area contributed by atoms with Gasteiger partial charge in [0, 0.05) is 24.3 Å². The normalized spacial score (nSPS) is 19.9. The molecule has 1 atom stereocenters. The van der Waals surface area contributed by atoms with Crippen molar-refractivity contribution in [1.29, 1.82) is 5.41 Å². The van der Waals surface area contributed by atoms with Crippen molar-refractivity contribution in [3.8, 4) is 0 Å². The Bertz CT molecular complexity index is 445. The van der Waals surface area contributed by atoms with E-state index in [1.54, 1.807) is 0 Å². The van der Waals surface area contributed by atoms with E-state index in [0.29, 0.717) is 6.10 Å². The lowest BCUT2D eigenvalue weighted by Crippen LogP contribution is -2.42. The van der Waals surface area contributed by atoms with E-state index in [4.69, 9.17) is 15.9 Å². The van der Waals surface area contributed by atoms with Crippen molar-refractivity contribution in [3.05, 3.63) is 29.3 Å². The van der Waals surface area contributed by atoms with Crippen LogP contribution in [0.3, 0.4) is 0 Å². The molecule has 1 heterocycles. The molecule has 0 bridgehead atoms. The molecule has 3 N–H and O–H groups in total. The number of hydrogen-bond donors (Lipinski definition) is 2. The second-order valence-corrected chi connectivity index (χ2v) is 4.76. The number of anilines is 1. The molecule has 1 aromatic rings. The number of nitrogens with two attached hydrogens (primary N) is 1. The fourth-order valence-corrected chi connectivity index (χ4v) is 2.35. The van der Waals surface area contributed by atoms with Crippen LogP contribution in [0.4, 0.5) is 5.69 Å². The van der Waals surface area contributed by atoms with Gasteiger partial charge in [-0.15, -0.1) is 0 Å². The number of morpholine rings is 1. The SMILES string of the molecule is CCC1CN(c2ccc(C(=N)N)c(C)c2)CCO1. The van der Waals surface area contributed by atoms with Gasteiger partial charge in [-0.3, -0.25) is 5.41 Å². The first kappa shape index (κ1) is 12.9. The van der Waals surface area contributed by atoms with Gasteiger partial charge >= 0.3 is 0 Å². The molecule has 0 spiro atoms. The van der Waals surface area contributed by atoms with Gasteiger partial charge in [0.15, 0.2) is 0 Å². The highest BCUT2D eigenvalue weighted by atomic mass is 16.5. The molecule has 4 nitrogen and oxygen atoms in total. The molecule has 1 unspecified atom stereocenters. The molecule has 0 amide bonds. The van der Waals surface area contributed by atoms with Crippen LogP contribution in [-0.4, -0.2) is 31.6 Å². The minimum Gasteiger partial charge on any atom is -0.384 e. The summed E-state index contributed by atoms with van der Waals surface area (Å²) in [5.74, 6) is 0.132. The fraction of sp³-hybridized carbons (Fsp3) is 0.500. The number of amidine groups is 1. The Labute approximate surface area is 108 Å². The predicted octanol–water partition coefficient (Wildman–Crippen LogP) is 1.89. The minimum absolute atomic E-state index is 0.132. The summed E-state index contributed by atoms with van der Waals surface area (Å²) >= 11 is 0. The molecule has 1 fully saturated rings. The van der Waals surface area contributed by atoms with Gasteiger partial charge in [-0.2, -0.15) is 0 Å². The van der Waals surface area contributed by atoms with Gasteiger partial charge in [-0.25, -0.2) is 0 Å². The number of ether oxygens (including phenoxy) is 1. The standard InChI is InChI=1S/C14H21N3O/c1-3-12-9-17(6-7-18-12)11-4-5-13(14(15)16)10(2)8-11/h4-5,8,12H,3,6-7,9H2,1-2H3,(H3,15,16). The summed E-state index contributed by atoms with van der Waals surface area (Å²) in [5.41, 5.74) is 8.60. The number of rotatable bonds is 3. The molecule has 0 saturated carbocycles. The molecule has 98 valence electrons. The second kappa shape index (κ2) is 5.40. The largest absolute Gasteiger partial charge is 0.384 e. The van der Waals surface area contributed by atoms with Crippen LogP contribution in [0.2, 0.25) is 0 Å². The molecular formula is C14H21N3O. The molecule has 1 aromatic carbocycles. The Balaban J connectivity index is 2.18. The third-order valence-electron chi connectivity index (χ3n) is 3.46. The minimum atomic E-state index is 0.132. The lowest BCUT2D eigenvalue weighted by Gasteiger charge is -2.34. The van der Waals surface area contributed by atoms with Crippen LogP contribution < -0.4 is 10.6 Å². The van der Waals surface area contributed by atoms with E-state index in [1.807, 2.05) is 19.1 Å². The first-order valence-corrected chi connectivity index (χ1v) is 6.43. The molecule has 1 saturated heterocycles. The summed E-state index contributed by atoms with van der Waals surface area (Å²) in [6.45, 7) is 6.80. The first-order chi connectivity index (χ1) is 8.61. The average Bonchev–Trinajstić information content (AvgIpc) is 2.38. The van der Waals surface area contributed by atoms with Gasteiger partial charge in [0.25, 0.3) is 0 Å².